The second-order valence-electron chi connectivity index (χ2n) is 3.03. The monoisotopic (exact) mass is 168 g/mol. The zero-order valence-corrected chi connectivity index (χ0v) is 7.47. The van der Waals surface area contributed by atoms with E-state index in [4.69, 9.17) is 0 Å². The van der Waals surface area contributed by atoms with Gasteiger partial charge in [-0.25, -0.2) is 0 Å². The molecule has 3 heteroatoms. The minimum atomic E-state index is 0.190. The quantitative estimate of drug-likeness (QED) is 0.468. The molecule has 0 aromatic heterocycles. The summed E-state index contributed by atoms with van der Waals surface area (Å²) in [6.07, 6.45) is 5.96. The van der Waals surface area contributed by atoms with Crippen molar-refractivity contribution in [2.75, 3.05) is 20.1 Å². The maximum Gasteiger partial charge on any atom is 0.223 e. The van der Waals surface area contributed by atoms with Crippen LogP contribution in [-0.4, -0.2) is 26.0 Å². The van der Waals surface area contributed by atoms with Gasteiger partial charge in [0.15, 0.2) is 0 Å². The molecule has 1 aliphatic rings. The Balaban J connectivity index is 2.11. The van der Waals surface area contributed by atoms with Crippen molar-refractivity contribution in [2.24, 2.45) is 5.92 Å². The van der Waals surface area contributed by atoms with Gasteiger partial charge >= 0.3 is 0 Å². The van der Waals surface area contributed by atoms with Crippen LogP contribution in [0, 0.1) is 5.92 Å². The second kappa shape index (κ2) is 4.93. The van der Waals surface area contributed by atoms with E-state index in [1.165, 1.54) is 0 Å². The summed E-state index contributed by atoms with van der Waals surface area (Å²) < 4.78 is 0. The lowest BCUT2D eigenvalue weighted by Gasteiger charge is -2.09. The lowest BCUT2D eigenvalue weighted by atomic mass is 10.1. The topological polar surface area (TPSA) is 41.1 Å². The molecule has 1 aliphatic carbocycles. The first-order valence-electron chi connectivity index (χ1n) is 4.42. The van der Waals surface area contributed by atoms with Crippen molar-refractivity contribution >= 4 is 5.91 Å². The average molecular weight is 168 g/mol. The van der Waals surface area contributed by atoms with Gasteiger partial charge in [0, 0.05) is 19.0 Å². The molecule has 0 saturated heterocycles. The standard InChI is InChI=1S/C9H16N2O/c1-10-6-7-11-9(12)8-4-2-3-5-8/h2-3,8,10H,4-7H2,1H3,(H,11,12). The first-order valence-corrected chi connectivity index (χ1v) is 4.42. The Morgan fingerprint density at radius 1 is 1.42 bits per heavy atom. The summed E-state index contributed by atoms with van der Waals surface area (Å²) in [5.74, 6) is 0.386. The van der Waals surface area contributed by atoms with Crippen LogP contribution in [0.15, 0.2) is 12.2 Å². The van der Waals surface area contributed by atoms with E-state index in [1.54, 1.807) is 0 Å². The Kier molecular flexibility index (Phi) is 3.80. The molecule has 0 atom stereocenters. The number of nitrogens with one attached hydrogen (secondary N) is 2. The van der Waals surface area contributed by atoms with Crippen molar-refractivity contribution < 1.29 is 4.79 Å². The van der Waals surface area contributed by atoms with Crippen LogP contribution in [0.3, 0.4) is 0 Å². The number of likely N-dealkylation sites (N-methyl/N-ethyl adjacent to an activating group) is 1. The molecule has 1 rings (SSSR count). The van der Waals surface area contributed by atoms with Gasteiger partial charge in [0.25, 0.3) is 0 Å². The van der Waals surface area contributed by atoms with Gasteiger partial charge in [-0.2, -0.15) is 0 Å². The van der Waals surface area contributed by atoms with Crippen molar-refractivity contribution in [1.29, 1.82) is 0 Å². The fourth-order valence-corrected chi connectivity index (χ4v) is 1.29. The molecule has 2 N–H and O–H groups in total. The summed E-state index contributed by atoms with van der Waals surface area (Å²) in [5, 5.41) is 5.87. The van der Waals surface area contributed by atoms with Crippen molar-refractivity contribution in [3.05, 3.63) is 12.2 Å². The number of carbonyl (C=O) groups excluding carboxylic acids is 1. The van der Waals surface area contributed by atoms with Crippen molar-refractivity contribution in [2.45, 2.75) is 12.8 Å². The van der Waals surface area contributed by atoms with Gasteiger partial charge < -0.3 is 10.6 Å². The molecule has 0 radical (unpaired) electrons. The van der Waals surface area contributed by atoms with Crippen LogP contribution in [0.1, 0.15) is 12.8 Å². The molecule has 0 saturated carbocycles. The summed E-state index contributed by atoms with van der Waals surface area (Å²) >= 11 is 0. The third-order valence-corrected chi connectivity index (χ3v) is 2.05. The summed E-state index contributed by atoms with van der Waals surface area (Å²) in [7, 11) is 1.88. The fraction of sp³-hybridized carbons (Fsp3) is 0.667. The van der Waals surface area contributed by atoms with E-state index >= 15 is 0 Å². The van der Waals surface area contributed by atoms with Gasteiger partial charge in [-0.05, 0) is 19.9 Å². The van der Waals surface area contributed by atoms with Gasteiger partial charge in [-0.1, -0.05) is 12.2 Å². The highest BCUT2D eigenvalue weighted by atomic mass is 16.1. The van der Waals surface area contributed by atoms with E-state index in [-0.39, 0.29) is 11.8 Å². The van der Waals surface area contributed by atoms with Gasteiger partial charge in [-0.3, -0.25) is 4.79 Å². The first-order chi connectivity index (χ1) is 5.84. The maximum absolute atomic E-state index is 11.3. The summed E-state index contributed by atoms with van der Waals surface area (Å²) in [6.45, 7) is 1.57. The molecule has 0 heterocycles. The first kappa shape index (κ1) is 9.26. The van der Waals surface area contributed by atoms with Crippen molar-refractivity contribution in [3.8, 4) is 0 Å². The van der Waals surface area contributed by atoms with E-state index in [2.05, 4.69) is 22.8 Å². The Hall–Kier alpha value is -0.830. The molecule has 0 aromatic rings. The minimum absolute atomic E-state index is 0.190. The maximum atomic E-state index is 11.3. The third kappa shape index (κ3) is 2.66. The molecule has 0 unspecified atom stereocenters. The highest BCUT2D eigenvalue weighted by molar-refractivity contribution is 5.79. The van der Waals surface area contributed by atoms with E-state index < -0.39 is 0 Å². The Morgan fingerprint density at radius 3 is 2.67 bits per heavy atom. The lowest BCUT2D eigenvalue weighted by Crippen LogP contribution is -2.34. The smallest absolute Gasteiger partial charge is 0.223 e. The predicted octanol–water partition coefficient (Wildman–Crippen LogP) is 0.288. The zero-order chi connectivity index (χ0) is 8.81. The number of hydrogen-bond acceptors (Lipinski definition) is 2. The van der Waals surface area contributed by atoms with Gasteiger partial charge in [0.2, 0.25) is 5.91 Å². The van der Waals surface area contributed by atoms with Crippen LogP contribution in [-0.2, 0) is 4.79 Å². The number of hydrogen-bond donors (Lipinski definition) is 2. The highest BCUT2D eigenvalue weighted by Gasteiger charge is 2.17. The molecule has 12 heavy (non-hydrogen) atoms. The largest absolute Gasteiger partial charge is 0.355 e. The Labute approximate surface area is 73.2 Å². The summed E-state index contributed by atoms with van der Waals surface area (Å²) in [5.41, 5.74) is 0. The van der Waals surface area contributed by atoms with E-state index in [0.717, 1.165) is 25.9 Å². The van der Waals surface area contributed by atoms with E-state index in [9.17, 15) is 4.79 Å². The van der Waals surface area contributed by atoms with Gasteiger partial charge in [-0.15, -0.1) is 0 Å². The SMILES string of the molecule is CNCCNC(=O)C1CC=CC1. The Bertz CT molecular complexity index is 169. The second-order valence-corrected chi connectivity index (χ2v) is 3.03. The molecule has 68 valence electrons. The average Bonchev–Trinajstić information content (AvgIpc) is 2.56. The van der Waals surface area contributed by atoms with Crippen LogP contribution in [0.2, 0.25) is 0 Å². The molecule has 0 aromatic carbocycles. The number of carbonyl (C=O) groups is 1. The highest BCUT2D eigenvalue weighted by Crippen LogP contribution is 2.17. The van der Waals surface area contributed by atoms with E-state index in [0.29, 0.717) is 0 Å². The predicted molar refractivity (Wildman–Crippen MR) is 48.8 cm³/mol. The molecular weight excluding hydrogens is 152 g/mol. The summed E-state index contributed by atoms with van der Waals surface area (Å²) in [4.78, 5) is 11.3. The fourth-order valence-electron chi connectivity index (χ4n) is 1.29. The molecule has 0 fully saturated rings. The van der Waals surface area contributed by atoms with E-state index in [1.807, 2.05) is 7.05 Å². The minimum Gasteiger partial charge on any atom is -0.355 e. The normalized spacial score (nSPS) is 16.8. The molecule has 1 amide bonds. The van der Waals surface area contributed by atoms with Crippen LogP contribution < -0.4 is 10.6 Å². The van der Waals surface area contributed by atoms with Crippen LogP contribution >= 0.6 is 0 Å². The third-order valence-electron chi connectivity index (χ3n) is 2.05. The van der Waals surface area contributed by atoms with Crippen molar-refractivity contribution in [1.82, 2.24) is 10.6 Å². The number of amides is 1. The molecule has 0 spiro atoms. The van der Waals surface area contributed by atoms with Crippen LogP contribution in [0.5, 0.6) is 0 Å². The molecule has 0 bridgehead atoms. The van der Waals surface area contributed by atoms with Crippen LogP contribution in [0.25, 0.3) is 0 Å². The summed E-state index contributed by atoms with van der Waals surface area (Å²) in [6, 6.07) is 0. The van der Waals surface area contributed by atoms with Crippen LogP contribution in [0.4, 0.5) is 0 Å². The number of rotatable bonds is 4. The number of allylic oxidation sites excluding steroid dienone is 2. The van der Waals surface area contributed by atoms with Gasteiger partial charge in [0.1, 0.15) is 0 Å². The van der Waals surface area contributed by atoms with Crippen molar-refractivity contribution in [3.63, 3.8) is 0 Å². The lowest BCUT2D eigenvalue weighted by molar-refractivity contribution is -0.124. The molecular formula is C9H16N2O. The van der Waals surface area contributed by atoms with Gasteiger partial charge in [0.05, 0.1) is 0 Å². The molecule has 3 nitrogen and oxygen atoms in total. The molecule has 0 aliphatic heterocycles. The Morgan fingerprint density at radius 2 is 2.08 bits per heavy atom. The zero-order valence-electron chi connectivity index (χ0n) is 7.47.